The van der Waals surface area contributed by atoms with Gasteiger partial charge in [0.2, 0.25) is 0 Å². The van der Waals surface area contributed by atoms with Gasteiger partial charge in [-0.15, -0.1) is 6.42 Å². The number of benzene rings is 1. The molecule has 1 fully saturated rings. The zero-order chi connectivity index (χ0) is 11.9. The van der Waals surface area contributed by atoms with Crippen LogP contribution in [0.3, 0.4) is 0 Å². The van der Waals surface area contributed by atoms with Crippen LogP contribution in [0, 0.1) is 24.2 Å². The fourth-order valence-corrected chi connectivity index (χ4v) is 1.74. The molecule has 0 aromatic heterocycles. The van der Waals surface area contributed by atoms with E-state index in [-0.39, 0.29) is 0 Å². The summed E-state index contributed by atoms with van der Waals surface area (Å²) in [5.74, 6) is 7.76. The van der Waals surface area contributed by atoms with E-state index >= 15 is 0 Å². The van der Waals surface area contributed by atoms with E-state index in [9.17, 15) is 0 Å². The van der Waals surface area contributed by atoms with Crippen LogP contribution in [0.25, 0.3) is 0 Å². The van der Waals surface area contributed by atoms with Crippen molar-refractivity contribution in [3.63, 3.8) is 0 Å². The van der Waals surface area contributed by atoms with Crippen molar-refractivity contribution in [3.05, 3.63) is 29.8 Å². The number of likely N-dealkylation sites (tertiary alicyclic amines) is 1. The molecule has 2 nitrogen and oxygen atoms in total. The Morgan fingerprint density at radius 2 is 1.88 bits per heavy atom. The predicted molar refractivity (Wildman–Crippen MR) is 71.1 cm³/mol. The molecule has 0 atom stereocenters. The SMILES string of the molecule is C#CC#Cc1ccc(N=CN2CCCC2)cc1. The molecule has 1 aromatic rings. The predicted octanol–water partition coefficient (Wildman–Crippen LogP) is 2.43. The van der Waals surface area contributed by atoms with Crippen molar-refractivity contribution in [2.75, 3.05) is 13.1 Å². The summed E-state index contributed by atoms with van der Waals surface area (Å²) in [6.07, 6.45) is 9.54. The Balaban J connectivity index is 2.00. The maximum atomic E-state index is 5.07. The highest BCUT2D eigenvalue weighted by Gasteiger charge is 2.06. The first-order chi connectivity index (χ1) is 8.38. The van der Waals surface area contributed by atoms with Gasteiger partial charge in [0.25, 0.3) is 0 Å². The number of hydrogen-bond acceptors (Lipinski definition) is 1. The van der Waals surface area contributed by atoms with E-state index in [1.54, 1.807) is 0 Å². The highest BCUT2D eigenvalue weighted by Crippen LogP contribution is 2.13. The minimum Gasteiger partial charge on any atom is -0.363 e. The molecule has 0 spiro atoms. The van der Waals surface area contributed by atoms with Crippen molar-refractivity contribution in [1.82, 2.24) is 4.90 Å². The molecule has 0 radical (unpaired) electrons. The fourth-order valence-electron chi connectivity index (χ4n) is 1.74. The largest absolute Gasteiger partial charge is 0.363 e. The Morgan fingerprint density at radius 3 is 2.53 bits per heavy atom. The number of terminal acetylenes is 1. The van der Waals surface area contributed by atoms with Crippen molar-refractivity contribution in [3.8, 4) is 24.2 Å². The van der Waals surface area contributed by atoms with Gasteiger partial charge in [0.05, 0.1) is 12.0 Å². The maximum Gasteiger partial charge on any atom is 0.0912 e. The highest BCUT2D eigenvalue weighted by molar-refractivity contribution is 5.62. The van der Waals surface area contributed by atoms with Crippen LogP contribution in [0.15, 0.2) is 29.3 Å². The van der Waals surface area contributed by atoms with Gasteiger partial charge in [-0.1, -0.05) is 5.92 Å². The topological polar surface area (TPSA) is 15.6 Å². The molecule has 2 rings (SSSR count). The molecule has 0 unspecified atom stereocenters. The molecule has 0 bridgehead atoms. The lowest BCUT2D eigenvalue weighted by atomic mass is 10.2. The third-order valence-corrected chi connectivity index (χ3v) is 2.66. The number of rotatable bonds is 2. The molecule has 0 N–H and O–H groups in total. The van der Waals surface area contributed by atoms with E-state index in [0.717, 1.165) is 24.3 Å². The maximum absolute atomic E-state index is 5.07. The van der Waals surface area contributed by atoms with Gasteiger partial charge in [0, 0.05) is 18.7 Å². The third kappa shape index (κ3) is 3.40. The number of nitrogens with zero attached hydrogens (tertiary/aromatic N) is 2. The highest BCUT2D eigenvalue weighted by atomic mass is 15.2. The van der Waals surface area contributed by atoms with Crippen LogP contribution in [0.1, 0.15) is 18.4 Å². The number of hydrogen-bond donors (Lipinski definition) is 0. The molecular formula is C15H14N2. The first kappa shape index (κ1) is 11.3. The third-order valence-electron chi connectivity index (χ3n) is 2.66. The molecule has 1 aliphatic heterocycles. The molecule has 1 heterocycles. The lowest BCUT2D eigenvalue weighted by Gasteiger charge is -2.08. The lowest BCUT2D eigenvalue weighted by molar-refractivity contribution is 0.536. The molecule has 0 aliphatic carbocycles. The van der Waals surface area contributed by atoms with Crippen molar-refractivity contribution in [2.24, 2.45) is 4.99 Å². The minimum atomic E-state index is 0.920. The Bertz CT molecular complexity index is 488. The zero-order valence-corrected chi connectivity index (χ0v) is 9.69. The van der Waals surface area contributed by atoms with Gasteiger partial charge >= 0.3 is 0 Å². The van der Waals surface area contributed by atoms with Crippen molar-refractivity contribution in [1.29, 1.82) is 0 Å². The van der Waals surface area contributed by atoms with Gasteiger partial charge in [-0.3, -0.25) is 0 Å². The Hall–Kier alpha value is -2.19. The van der Waals surface area contributed by atoms with Crippen LogP contribution in [0.5, 0.6) is 0 Å². The van der Waals surface area contributed by atoms with E-state index < -0.39 is 0 Å². The second-order valence-electron chi connectivity index (χ2n) is 3.93. The molecule has 84 valence electrons. The Labute approximate surface area is 102 Å². The fraction of sp³-hybridized carbons (Fsp3) is 0.267. The van der Waals surface area contributed by atoms with Crippen molar-refractivity contribution >= 4 is 12.0 Å². The van der Waals surface area contributed by atoms with E-state index in [1.807, 2.05) is 30.6 Å². The molecule has 2 heteroatoms. The summed E-state index contributed by atoms with van der Waals surface area (Å²) in [5, 5.41) is 0. The van der Waals surface area contributed by atoms with Crippen LogP contribution >= 0.6 is 0 Å². The van der Waals surface area contributed by atoms with Crippen molar-refractivity contribution in [2.45, 2.75) is 12.8 Å². The Morgan fingerprint density at radius 1 is 1.18 bits per heavy atom. The first-order valence-electron chi connectivity index (χ1n) is 5.73. The standard InChI is InChI=1S/C15H14N2/c1-2-3-6-14-7-9-15(10-8-14)16-13-17-11-4-5-12-17/h1,7-10,13H,4-5,11-12H2. The van der Waals surface area contributed by atoms with Gasteiger partial charge in [-0.05, 0) is 48.9 Å². The number of aliphatic imine (C=N–C) groups is 1. The monoisotopic (exact) mass is 222 g/mol. The van der Waals surface area contributed by atoms with E-state index in [2.05, 4.69) is 27.7 Å². The van der Waals surface area contributed by atoms with Crippen LogP contribution in [0.4, 0.5) is 5.69 Å². The van der Waals surface area contributed by atoms with Crippen LogP contribution in [-0.4, -0.2) is 24.3 Å². The van der Waals surface area contributed by atoms with Crippen LogP contribution in [-0.2, 0) is 0 Å². The average Bonchev–Trinajstić information content (AvgIpc) is 2.88. The van der Waals surface area contributed by atoms with Crippen LogP contribution < -0.4 is 0 Å². The van der Waals surface area contributed by atoms with E-state index in [0.29, 0.717) is 0 Å². The smallest absolute Gasteiger partial charge is 0.0912 e. The van der Waals surface area contributed by atoms with Crippen LogP contribution in [0.2, 0.25) is 0 Å². The average molecular weight is 222 g/mol. The van der Waals surface area contributed by atoms with E-state index in [1.165, 1.54) is 12.8 Å². The first-order valence-corrected chi connectivity index (χ1v) is 5.73. The molecule has 0 saturated carbocycles. The molecule has 0 amide bonds. The summed E-state index contributed by atoms with van der Waals surface area (Å²) in [4.78, 5) is 6.66. The van der Waals surface area contributed by atoms with Gasteiger partial charge in [-0.25, -0.2) is 4.99 Å². The van der Waals surface area contributed by atoms with Gasteiger partial charge in [0.1, 0.15) is 0 Å². The zero-order valence-electron chi connectivity index (χ0n) is 9.69. The Kier molecular flexibility index (Phi) is 3.84. The summed E-state index contributed by atoms with van der Waals surface area (Å²) in [5.41, 5.74) is 1.87. The molecule has 1 aromatic carbocycles. The van der Waals surface area contributed by atoms with Crippen molar-refractivity contribution < 1.29 is 0 Å². The minimum absolute atomic E-state index is 0.920. The molecule has 17 heavy (non-hydrogen) atoms. The van der Waals surface area contributed by atoms with Gasteiger partial charge in [0.15, 0.2) is 0 Å². The molecular weight excluding hydrogens is 208 g/mol. The quantitative estimate of drug-likeness (QED) is 0.426. The second kappa shape index (κ2) is 5.77. The summed E-state index contributed by atoms with van der Waals surface area (Å²) in [6.45, 7) is 2.24. The molecule has 1 aliphatic rings. The molecule has 1 saturated heterocycles. The normalized spacial score (nSPS) is 14.4. The van der Waals surface area contributed by atoms with Gasteiger partial charge < -0.3 is 4.90 Å². The summed E-state index contributed by atoms with van der Waals surface area (Å²) in [6, 6.07) is 7.77. The van der Waals surface area contributed by atoms with Gasteiger partial charge in [-0.2, -0.15) is 0 Å². The summed E-state index contributed by atoms with van der Waals surface area (Å²) >= 11 is 0. The summed E-state index contributed by atoms with van der Waals surface area (Å²) < 4.78 is 0. The summed E-state index contributed by atoms with van der Waals surface area (Å²) in [7, 11) is 0. The van der Waals surface area contributed by atoms with E-state index in [4.69, 9.17) is 6.42 Å². The second-order valence-corrected chi connectivity index (χ2v) is 3.93. The lowest BCUT2D eigenvalue weighted by Crippen LogP contribution is -2.15.